The first-order valence-corrected chi connectivity index (χ1v) is 8.95. The minimum Gasteiger partial charge on any atom is -0.483 e. The van der Waals surface area contributed by atoms with Gasteiger partial charge in [0, 0.05) is 9.37 Å². The van der Waals surface area contributed by atoms with Gasteiger partial charge < -0.3 is 4.74 Å². The second-order valence-corrected chi connectivity index (χ2v) is 6.56. The summed E-state index contributed by atoms with van der Waals surface area (Å²) in [6, 6.07) is 13.5. The van der Waals surface area contributed by atoms with Crippen molar-refractivity contribution in [3.63, 3.8) is 0 Å². The van der Waals surface area contributed by atoms with E-state index >= 15 is 0 Å². The summed E-state index contributed by atoms with van der Waals surface area (Å²) in [5, 5.41) is 3.93. The van der Waals surface area contributed by atoms with Crippen molar-refractivity contribution < 1.29 is 9.53 Å². The minimum absolute atomic E-state index is 0.0781. The zero-order chi connectivity index (χ0) is 16.7. The van der Waals surface area contributed by atoms with E-state index in [4.69, 9.17) is 4.74 Å². The number of rotatable bonds is 6. The number of benzene rings is 2. The van der Waals surface area contributed by atoms with Gasteiger partial charge in [0.05, 0.1) is 6.21 Å². The van der Waals surface area contributed by atoms with Crippen molar-refractivity contribution in [3.8, 4) is 5.75 Å². The predicted molar refractivity (Wildman–Crippen MR) is 98.3 cm³/mol. The van der Waals surface area contributed by atoms with Gasteiger partial charge in [-0.1, -0.05) is 28.1 Å². The Labute approximate surface area is 148 Å². The van der Waals surface area contributed by atoms with Gasteiger partial charge in [-0.25, -0.2) is 5.43 Å². The molecule has 1 N–H and O–H groups in total. The molecule has 0 aromatic heterocycles. The van der Waals surface area contributed by atoms with Gasteiger partial charge in [-0.2, -0.15) is 5.10 Å². The number of hydrazone groups is 1. The Bertz CT molecular complexity index is 702. The topological polar surface area (TPSA) is 50.7 Å². The van der Waals surface area contributed by atoms with Gasteiger partial charge in [-0.05, 0) is 54.6 Å². The van der Waals surface area contributed by atoms with E-state index in [1.807, 2.05) is 55.6 Å². The third-order valence-electron chi connectivity index (χ3n) is 3.01. The molecule has 120 valence electrons. The number of aryl methyl sites for hydroxylation is 1. The summed E-state index contributed by atoms with van der Waals surface area (Å²) in [4.78, 5) is 12.9. The second kappa shape index (κ2) is 8.74. The molecule has 23 heavy (non-hydrogen) atoms. The summed E-state index contributed by atoms with van der Waals surface area (Å²) in [6.07, 6.45) is 3.63. The first-order chi connectivity index (χ1) is 11.1. The SMILES string of the molecule is CSc1ccc(/C=N/NC(=O)COc2ccc(Br)cc2C)cc1. The van der Waals surface area contributed by atoms with Gasteiger partial charge in [-0.3, -0.25) is 4.79 Å². The van der Waals surface area contributed by atoms with Crippen LogP contribution in [0.2, 0.25) is 0 Å². The molecule has 0 saturated carbocycles. The number of thioether (sulfide) groups is 1. The smallest absolute Gasteiger partial charge is 0.277 e. The molecule has 4 nitrogen and oxygen atoms in total. The zero-order valence-electron chi connectivity index (χ0n) is 12.9. The van der Waals surface area contributed by atoms with Crippen LogP contribution in [0.1, 0.15) is 11.1 Å². The monoisotopic (exact) mass is 392 g/mol. The van der Waals surface area contributed by atoms with Crippen LogP contribution in [0.5, 0.6) is 5.75 Å². The molecule has 6 heteroatoms. The van der Waals surface area contributed by atoms with Crippen LogP contribution in [0, 0.1) is 6.92 Å². The highest BCUT2D eigenvalue weighted by atomic mass is 79.9. The molecular weight excluding hydrogens is 376 g/mol. The van der Waals surface area contributed by atoms with Gasteiger partial charge >= 0.3 is 0 Å². The maximum atomic E-state index is 11.7. The Balaban J connectivity index is 1.81. The Morgan fingerprint density at radius 1 is 1.30 bits per heavy atom. The molecule has 2 aromatic rings. The quantitative estimate of drug-likeness (QED) is 0.459. The highest BCUT2D eigenvalue weighted by Gasteiger charge is 2.04. The van der Waals surface area contributed by atoms with E-state index in [2.05, 4.69) is 26.5 Å². The van der Waals surface area contributed by atoms with Crippen molar-refractivity contribution in [2.45, 2.75) is 11.8 Å². The largest absolute Gasteiger partial charge is 0.483 e. The Hall–Kier alpha value is -1.79. The lowest BCUT2D eigenvalue weighted by atomic mass is 10.2. The molecule has 0 aliphatic carbocycles. The van der Waals surface area contributed by atoms with Gasteiger partial charge in [0.2, 0.25) is 0 Å². The molecule has 0 radical (unpaired) electrons. The summed E-state index contributed by atoms with van der Waals surface area (Å²) < 4.78 is 6.45. The summed E-state index contributed by atoms with van der Waals surface area (Å²) in [7, 11) is 0. The summed E-state index contributed by atoms with van der Waals surface area (Å²) in [6.45, 7) is 1.85. The van der Waals surface area contributed by atoms with E-state index in [0.717, 1.165) is 15.6 Å². The van der Waals surface area contributed by atoms with Crippen LogP contribution in [0.15, 0.2) is 56.9 Å². The number of carbonyl (C=O) groups excluding carboxylic acids is 1. The minimum atomic E-state index is -0.302. The van der Waals surface area contributed by atoms with Crippen molar-refractivity contribution in [1.29, 1.82) is 0 Å². The number of amides is 1. The molecule has 0 heterocycles. The van der Waals surface area contributed by atoms with Crippen molar-refractivity contribution in [2.24, 2.45) is 5.10 Å². The Kier molecular flexibility index (Phi) is 6.67. The van der Waals surface area contributed by atoms with E-state index in [-0.39, 0.29) is 12.5 Å². The number of nitrogens with zero attached hydrogens (tertiary/aromatic N) is 1. The first kappa shape index (κ1) is 17.6. The van der Waals surface area contributed by atoms with Crippen LogP contribution in [-0.4, -0.2) is 25.0 Å². The van der Waals surface area contributed by atoms with Gasteiger partial charge in [-0.15, -0.1) is 11.8 Å². The summed E-state index contributed by atoms with van der Waals surface area (Å²) in [5.74, 6) is 0.379. The van der Waals surface area contributed by atoms with Crippen LogP contribution >= 0.6 is 27.7 Å². The van der Waals surface area contributed by atoms with Crippen molar-refractivity contribution >= 4 is 39.8 Å². The van der Waals surface area contributed by atoms with Crippen LogP contribution in [0.25, 0.3) is 0 Å². The van der Waals surface area contributed by atoms with Crippen molar-refractivity contribution in [2.75, 3.05) is 12.9 Å². The number of ether oxygens (including phenoxy) is 1. The van der Waals surface area contributed by atoms with E-state index in [9.17, 15) is 4.79 Å². The third kappa shape index (κ3) is 5.73. The second-order valence-electron chi connectivity index (χ2n) is 4.76. The van der Waals surface area contributed by atoms with Crippen LogP contribution in [0.4, 0.5) is 0 Å². The summed E-state index contributed by atoms with van der Waals surface area (Å²) in [5.41, 5.74) is 4.34. The summed E-state index contributed by atoms with van der Waals surface area (Å²) >= 11 is 5.07. The molecule has 0 aliphatic rings. The van der Waals surface area contributed by atoms with E-state index < -0.39 is 0 Å². The molecule has 0 spiro atoms. The highest BCUT2D eigenvalue weighted by Crippen LogP contribution is 2.21. The number of halogens is 1. The Morgan fingerprint density at radius 3 is 2.70 bits per heavy atom. The molecule has 0 saturated heterocycles. The predicted octanol–water partition coefficient (Wildman–Crippen LogP) is 4.01. The number of nitrogens with one attached hydrogen (secondary N) is 1. The first-order valence-electron chi connectivity index (χ1n) is 6.93. The standard InChI is InChI=1S/C17H17BrN2O2S/c1-12-9-14(18)5-8-16(12)22-11-17(21)20-19-10-13-3-6-15(23-2)7-4-13/h3-10H,11H2,1-2H3,(H,20,21)/b19-10+. The zero-order valence-corrected chi connectivity index (χ0v) is 15.3. The third-order valence-corrected chi connectivity index (χ3v) is 4.25. The fraction of sp³-hybridized carbons (Fsp3) is 0.176. The maximum absolute atomic E-state index is 11.7. The average molecular weight is 393 g/mol. The fourth-order valence-electron chi connectivity index (χ4n) is 1.82. The molecule has 2 aromatic carbocycles. The fourth-order valence-corrected chi connectivity index (χ4v) is 2.70. The molecular formula is C17H17BrN2O2S. The maximum Gasteiger partial charge on any atom is 0.277 e. The lowest BCUT2D eigenvalue weighted by Gasteiger charge is -2.08. The molecule has 0 unspecified atom stereocenters. The van der Waals surface area contributed by atoms with Gasteiger partial charge in [0.1, 0.15) is 5.75 Å². The lowest BCUT2D eigenvalue weighted by Crippen LogP contribution is -2.24. The molecule has 0 bridgehead atoms. The highest BCUT2D eigenvalue weighted by molar-refractivity contribution is 9.10. The van der Waals surface area contributed by atoms with E-state index in [1.54, 1.807) is 18.0 Å². The van der Waals surface area contributed by atoms with Crippen LogP contribution in [-0.2, 0) is 4.79 Å². The van der Waals surface area contributed by atoms with E-state index in [1.165, 1.54) is 4.90 Å². The average Bonchev–Trinajstić information content (AvgIpc) is 2.54. The van der Waals surface area contributed by atoms with Crippen molar-refractivity contribution in [3.05, 3.63) is 58.1 Å². The van der Waals surface area contributed by atoms with Crippen LogP contribution in [0.3, 0.4) is 0 Å². The lowest BCUT2D eigenvalue weighted by molar-refractivity contribution is -0.123. The molecule has 1 amide bonds. The number of hydrogen-bond donors (Lipinski definition) is 1. The molecule has 0 atom stereocenters. The van der Waals surface area contributed by atoms with Crippen LogP contribution < -0.4 is 10.2 Å². The molecule has 0 aliphatic heterocycles. The van der Waals surface area contributed by atoms with Crippen molar-refractivity contribution in [1.82, 2.24) is 5.43 Å². The van der Waals surface area contributed by atoms with Gasteiger partial charge in [0.15, 0.2) is 6.61 Å². The molecule has 2 rings (SSSR count). The van der Waals surface area contributed by atoms with E-state index in [0.29, 0.717) is 5.75 Å². The Morgan fingerprint density at radius 2 is 2.04 bits per heavy atom. The number of hydrogen-bond acceptors (Lipinski definition) is 4. The molecule has 0 fully saturated rings. The van der Waals surface area contributed by atoms with Gasteiger partial charge in [0.25, 0.3) is 5.91 Å². The normalized spacial score (nSPS) is 10.7. The number of carbonyl (C=O) groups is 1.